The van der Waals surface area contributed by atoms with Crippen LogP contribution in [0.2, 0.25) is 0 Å². The van der Waals surface area contributed by atoms with E-state index in [9.17, 15) is 4.79 Å². The monoisotopic (exact) mass is 205 g/mol. The molecule has 0 radical (unpaired) electrons. The minimum absolute atomic E-state index is 0.145. The molecule has 1 amide bonds. The normalized spacial score (nSPS) is 13.0. The van der Waals surface area contributed by atoms with Crippen molar-refractivity contribution in [3.8, 4) is 0 Å². The molecule has 0 fully saturated rings. The average molecular weight is 206 g/mol. The third-order valence-corrected chi connectivity index (χ3v) is 2.27. The quantitative estimate of drug-likeness (QED) is 0.664. The fraction of sp³-hybridized carbons (Fsp3) is 0.900. The Labute approximate surface area is 86.0 Å². The van der Waals surface area contributed by atoms with Crippen molar-refractivity contribution in [1.82, 2.24) is 5.32 Å². The van der Waals surface area contributed by atoms with E-state index < -0.39 is 0 Å². The molecule has 0 aliphatic rings. The van der Waals surface area contributed by atoms with E-state index in [1.165, 1.54) is 0 Å². The molecule has 13 heavy (non-hydrogen) atoms. The zero-order valence-electron chi connectivity index (χ0n) is 8.77. The standard InChI is InChI=1S/C10H20ClNO/c1-4-5-10(13)12-9(6-7-11)8(2)3/h8-9H,4-7H2,1-3H3,(H,12,13). The number of alkyl halides is 1. The van der Waals surface area contributed by atoms with Gasteiger partial charge >= 0.3 is 0 Å². The fourth-order valence-corrected chi connectivity index (χ4v) is 1.43. The molecule has 1 unspecified atom stereocenters. The number of halogens is 1. The lowest BCUT2D eigenvalue weighted by Crippen LogP contribution is -2.38. The summed E-state index contributed by atoms with van der Waals surface area (Å²) in [5.74, 6) is 1.21. The molecule has 3 heteroatoms. The van der Waals surface area contributed by atoms with Crippen molar-refractivity contribution in [2.75, 3.05) is 5.88 Å². The molecule has 0 rings (SSSR count). The van der Waals surface area contributed by atoms with E-state index in [0.29, 0.717) is 18.2 Å². The van der Waals surface area contributed by atoms with Gasteiger partial charge in [-0.3, -0.25) is 4.79 Å². The molecular weight excluding hydrogens is 186 g/mol. The third-order valence-electron chi connectivity index (χ3n) is 2.05. The summed E-state index contributed by atoms with van der Waals surface area (Å²) >= 11 is 5.65. The number of hydrogen-bond acceptors (Lipinski definition) is 1. The number of rotatable bonds is 6. The summed E-state index contributed by atoms with van der Waals surface area (Å²) in [6, 6.07) is 0.233. The first-order valence-electron chi connectivity index (χ1n) is 4.97. The van der Waals surface area contributed by atoms with Crippen molar-refractivity contribution in [1.29, 1.82) is 0 Å². The predicted molar refractivity (Wildman–Crippen MR) is 57.0 cm³/mol. The molecular formula is C10H20ClNO. The Bertz CT molecular complexity index is 148. The minimum Gasteiger partial charge on any atom is -0.353 e. The van der Waals surface area contributed by atoms with Crippen LogP contribution in [0.1, 0.15) is 40.0 Å². The largest absolute Gasteiger partial charge is 0.353 e. The molecule has 0 aromatic carbocycles. The van der Waals surface area contributed by atoms with Gasteiger partial charge in [0.15, 0.2) is 0 Å². The Morgan fingerprint density at radius 3 is 2.46 bits per heavy atom. The van der Waals surface area contributed by atoms with Crippen molar-refractivity contribution in [3.05, 3.63) is 0 Å². The Morgan fingerprint density at radius 2 is 2.08 bits per heavy atom. The molecule has 78 valence electrons. The lowest BCUT2D eigenvalue weighted by molar-refractivity contribution is -0.122. The molecule has 0 aromatic heterocycles. The van der Waals surface area contributed by atoms with Crippen LogP contribution in [0.5, 0.6) is 0 Å². The smallest absolute Gasteiger partial charge is 0.220 e. The van der Waals surface area contributed by atoms with E-state index in [4.69, 9.17) is 11.6 Å². The SMILES string of the molecule is CCCC(=O)NC(CCCl)C(C)C. The number of hydrogen-bond donors (Lipinski definition) is 1. The second-order valence-corrected chi connectivity index (χ2v) is 4.02. The lowest BCUT2D eigenvalue weighted by Gasteiger charge is -2.21. The van der Waals surface area contributed by atoms with E-state index in [1.54, 1.807) is 0 Å². The van der Waals surface area contributed by atoms with E-state index in [1.807, 2.05) is 6.92 Å². The van der Waals surface area contributed by atoms with Gasteiger partial charge < -0.3 is 5.32 Å². The molecule has 0 saturated carbocycles. The van der Waals surface area contributed by atoms with E-state index in [-0.39, 0.29) is 11.9 Å². The van der Waals surface area contributed by atoms with Gasteiger partial charge in [-0.1, -0.05) is 20.8 Å². The predicted octanol–water partition coefficient (Wildman–Crippen LogP) is 2.56. The highest BCUT2D eigenvalue weighted by molar-refractivity contribution is 6.17. The number of nitrogens with one attached hydrogen (secondary N) is 1. The van der Waals surface area contributed by atoms with E-state index in [0.717, 1.165) is 12.8 Å². The highest BCUT2D eigenvalue weighted by atomic mass is 35.5. The summed E-state index contributed by atoms with van der Waals surface area (Å²) in [5.41, 5.74) is 0. The molecule has 0 aromatic rings. The van der Waals surface area contributed by atoms with E-state index in [2.05, 4.69) is 19.2 Å². The molecule has 0 aliphatic carbocycles. The van der Waals surface area contributed by atoms with Crippen LogP contribution in [0.3, 0.4) is 0 Å². The third kappa shape index (κ3) is 5.92. The topological polar surface area (TPSA) is 29.1 Å². The van der Waals surface area contributed by atoms with Crippen molar-refractivity contribution < 1.29 is 4.79 Å². The van der Waals surface area contributed by atoms with Gasteiger partial charge in [0.05, 0.1) is 0 Å². The van der Waals surface area contributed by atoms with E-state index >= 15 is 0 Å². The summed E-state index contributed by atoms with van der Waals surface area (Å²) in [6.07, 6.45) is 2.37. The summed E-state index contributed by atoms with van der Waals surface area (Å²) < 4.78 is 0. The zero-order chi connectivity index (χ0) is 10.3. The summed E-state index contributed by atoms with van der Waals surface area (Å²) in [4.78, 5) is 11.3. The van der Waals surface area contributed by atoms with Gasteiger partial charge in [0.25, 0.3) is 0 Å². The van der Waals surface area contributed by atoms with Crippen molar-refractivity contribution >= 4 is 17.5 Å². The van der Waals surface area contributed by atoms with Gasteiger partial charge in [-0.2, -0.15) is 0 Å². The maximum atomic E-state index is 11.3. The van der Waals surface area contributed by atoms with Crippen LogP contribution in [-0.2, 0) is 4.79 Å². The van der Waals surface area contributed by atoms with Gasteiger partial charge in [0.2, 0.25) is 5.91 Å². The van der Waals surface area contributed by atoms with Crippen LogP contribution in [0.4, 0.5) is 0 Å². The lowest BCUT2D eigenvalue weighted by atomic mass is 10.0. The van der Waals surface area contributed by atoms with Crippen molar-refractivity contribution in [2.24, 2.45) is 5.92 Å². The van der Waals surface area contributed by atoms with Gasteiger partial charge in [-0.05, 0) is 18.8 Å². The van der Waals surface area contributed by atoms with Crippen molar-refractivity contribution in [3.63, 3.8) is 0 Å². The summed E-state index contributed by atoms with van der Waals surface area (Å²) in [7, 11) is 0. The van der Waals surface area contributed by atoms with Crippen LogP contribution in [0, 0.1) is 5.92 Å². The first-order chi connectivity index (χ1) is 6.11. The molecule has 0 spiro atoms. The van der Waals surface area contributed by atoms with Crippen LogP contribution in [-0.4, -0.2) is 17.8 Å². The van der Waals surface area contributed by atoms with Gasteiger partial charge in [0.1, 0.15) is 0 Å². The molecule has 0 aliphatic heterocycles. The Balaban J connectivity index is 3.86. The summed E-state index contributed by atoms with van der Waals surface area (Å²) in [5, 5.41) is 2.99. The number of carbonyl (C=O) groups is 1. The van der Waals surface area contributed by atoms with Gasteiger partial charge in [-0.25, -0.2) is 0 Å². The van der Waals surface area contributed by atoms with Crippen LogP contribution in [0.25, 0.3) is 0 Å². The number of carbonyl (C=O) groups excluding carboxylic acids is 1. The summed E-state index contributed by atoms with van der Waals surface area (Å²) in [6.45, 7) is 6.21. The molecule has 0 bridgehead atoms. The fourth-order valence-electron chi connectivity index (χ4n) is 1.20. The highest BCUT2D eigenvalue weighted by Crippen LogP contribution is 2.07. The molecule has 0 saturated heterocycles. The Morgan fingerprint density at radius 1 is 1.46 bits per heavy atom. The zero-order valence-corrected chi connectivity index (χ0v) is 9.53. The first kappa shape index (κ1) is 12.8. The second-order valence-electron chi connectivity index (χ2n) is 3.65. The Hall–Kier alpha value is -0.240. The van der Waals surface area contributed by atoms with Gasteiger partial charge in [0, 0.05) is 18.3 Å². The van der Waals surface area contributed by atoms with Gasteiger partial charge in [-0.15, -0.1) is 11.6 Å². The highest BCUT2D eigenvalue weighted by Gasteiger charge is 2.14. The Kier molecular flexibility index (Phi) is 7.06. The van der Waals surface area contributed by atoms with Crippen LogP contribution in [0.15, 0.2) is 0 Å². The molecule has 1 N–H and O–H groups in total. The first-order valence-corrected chi connectivity index (χ1v) is 5.50. The maximum Gasteiger partial charge on any atom is 0.220 e. The second kappa shape index (κ2) is 7.19. The molecule has 0 heterocycles. The minimum atomic E-state index is 0.145. The van der Waals surface area contributed by atoms with Crippen molar-refractivity contribution in [2.45, 2.75) is 46.1 Å². The molecule has 1 atom stereocenters. The average Bonchev–Trinajstić information content (AvgIpc) is 2.04. The molecule has 2 nitrogen and oxygen atoms in total. The van der Waals surface area contributed by atoms with Crippen LogP contribution >= 0.6 is 11.6 Å². The van der Waals surface area contributed by atoms with Crippen LogP contribution < -0.4 is 5.32 Å². The maximum absolute atomic E-state index is 11.3. The number of amides is 1.